The number of aliphatic hydroxyl groups is 1. The summed E-state index contributed by atoms with van der Waals surface area (Å²) >= 11 is 0. The third-order valence-corrected chi connectivity index (χ3v) is 9.93. The van der Waals surface area contributed by atoms with Gasteiger partial charge < -0.3 is 19.9 Å². The zero-order valence-electron chi connectivity index (χ0n) is 28.3. The topological polar surface area (TPSA) is 130 Å². The first-order valence-electron chi connectivity index (χ1n) is 17.0. The molecule has 4 aromatic heterocycles. The zero-order chi connectivity index (χ0) is 35.8. The summed E-state index contributed by atoms with van der Waals surface area (Å²) in [7, 11) is 1.89. The van der Waals surface area contributed by atoms with Crippen LogP contribution in [0.15, 0.2) is 88.8 Å². The SMILES string of the molecule is C[C@H](CO)N(C)Cc1cc(O)ccc1-c1cccc(-n2c(=O)n(C3CCC(NCc4cn5cc(F)ccc5n4)CC3)c(=O)c3cc(F)cnc32)c1. The number of aromatic nitrogens is 5. The summed E-state index contributed by atoms with van der Waals surface area (Å²) in [5.41, 5.74) is 3.21. The third kappa shape index (κ3) is 6.92. The number of hydrogen-bond acceptors (Lipinski definition) is 8. The van der Waals surface area contributed by atoms with Crippen LogP contribution >= 0.6 is 0 Å². The molecule has 1 fully saturated rings. The highest BCUT2D eigenvalue weighted by Crippen LogP contribution is 2.31. The van der Waals surface area contributed by atoms with Crippen molar-refractivity contribution in [3.63, 3.8) is 0 Å². The van der Waals surface area contributed by atoms with E-state index < -0.39 is 23.1 Å². The molecule has 0 radical (unpaired) electrons. The average molecular weight is 696 g/mol. The fourth-order valence-corrected chi connectivity index (χ4v) is 7.00. The van der Waals surface area contributed by atoms with Crippen LogP contribution in [0.25, 0.3) is 33.5 Å². The lowest BCUT2D eigenvalue weighted by Gasteiger charge is -2.30. The van der Waals surface area contributed by atoms with Crippen molar-refractivity contribution in [3.05, 3.63) is 123 Å². The summed E-state index contributed by atoms with van der Waals surface area (Å²) in [6.07, 6.45) is 6.66. The second kappa shape index (κ2) is 14.2. The summed E-state index contributed by atoms with van der Waals surface area (Å²) in [6.45, 7) is 2.81. The summed E-state index contributed by atoms with van der Waals surface area (Å²) in [4.78, 5) is 39.0. The van der Waals surface area contributed by atoms with Crippen LogP contribution in [0.3, 0.4) is 0 Å². The number of pyridine rings is 2. The number of hydrogen-bond donors (Lipinski definition) is 3. The van der Waals surface area contributed by atoms with Crippen LogP contribution in [0.5, 0.6) is 5.75 Å². The molecule has 0 spiro atoms. The molecule has 1 aliphatic rings. The molecule has 51 heavy (non-hydrogen) atoms. The summed E-state index contributed by atoms with van der Waals surface area (Å²) in [6, 6.07) is 16.1. The first-order chi connectivity index (χ1) is 24.6. The monoisotopic (exact) mass is 695 g/mol. The maximum absolute atomic E-state index is 14.6. The van der Waals surface area contributed by atoms with E-state index >= 15 is 0 Å². The number of nitrogens with one attached hydrogen (secondary N) is 1. The highest BCUT2D eigenvalue weighted by molar-refractivity contribution is 5.77. The first kappa shape index (κ1) is 34.2. The summed E-state index contributed by atoms with van der Waals surface area (Å²) in [5, 5.41) is 23.5. The van der Waals surface area contributed by atoms with Crippen molar-refractivity contribution >= 4 is 16.7 Å². The van der Waals surface area contributed by atoms with Gasteiger partial charge in [-0.05, 0) is 98.8 Å². The fourth-order valence-electron chi connectivity index (χ4n) is 7.00. The Kier molecular flexibility index (Phi) is 9.51. The molecule has 0 unspecified atom stereocenters. The third-order valence-electron chi connectivity index (χ3n) is 9.93. The number of halogens is 2. The molecule has 4 heterocycles. The molecule has 3 N–H and O–H groups in total. The Morgan fingerprint density at radius 3 is 2.59 bits per heavy atom. The largest absolute Gasteiger partial charge is 0.508 e. The molecule has 11 nitrogen and oxygen atoms in total. The van der Waals surface area contributed by atoms with E-state index in [1.54, 1.807) is 47.0 Å². The highest BCUT2D eigenvalue weighted by atomic mass is 19.1. The van der Waals surface area contributed by atoms with E-state index in [-0.39, 0.29) is 41.3 Å². The second-order valence-electron chi connectivity index (χ2n) is 13.4. The first-order valence-corrected chi connectivity index (χ1v) is 17.0. The Balaban J connectivity index is 1.19. The van der Waals surface area contributed by atoms with Crippen molar-refractivity contribution in [2.75, 3.05) is 13.7 Å². The van der Waals surface area contributed by atoms with E-state index in [0.717, 1.165) is 34.6 Å². The van der Waals surface area contributed by atoms with Crippen LogP contribution in [0.4, 0.5) is 8.78 Å². The molecule has 13 heteroatoms. The van der Waals surface area contributed by atoms with E-state index in [1.165, 1.54) is 21.4 Å². The number of phenolic OH excluding ortho intramolecular Hbond substituents is 1. The number of aromatic hydroxyl groups is 1. The summed E-state index contributed by atoms with van der Waals surface area (Å²) in [5.74, 6) is -0.915. The van der Waals surface area contributed by atoms with Gasteiger partial charge in [0, 0.05) is 43.6 Å². The van der Waals surface area contributed by atoms with Gasteiger partial charge >= 0.3 is 5.69 Å². The fraction of sp³-hybridized carbons (Fsp3) is 0.316. The van der Waals surface area contributed by atoms with Gasteiger partial charge in [-0.2, -0.15) is 0 Å². The van der Waals surface area contributed by atoms with Crippen LogP contribution < -0.4 is 16.6 Å². The number of imidazole rings is 1. The van der Waals surface area contributed by atoms with E-state index in [1.807, 2.05) is 31.0 Å². The molecular formula is C38H39F2N7O4. The summed E-state index contributed by atoms with van der Waals surface area (Å²) < 4.78 is 32.5. The van der Waals surface area contributed by atoms with Crippen molar-refractivity contribution in [2.45, 2.75) is 63.8 Å². The van der Waals surface area contributed by atoms with Crippen molar-refractivity contribution in [1.29, 1.82) is 0 Å². The number of benzene rings is 2. The Labute approximate surface area is 292 Å². The minimum atomic E-state index is -0.678. The Morgan fingerprint density at radius 1 is 1.00 bits per heavy atom. The second-order valence-corrected chi connectivity index (χ2v) is 13.4. The number of likely N-dealkylation sites (N-methyl/N-ethyl adjacent to an activating group) is 1. The number of fused-ring (bicyclic) bond motifs is 2. The predicted octanol–water partition coefficient (Wildman–Crippen LogP) is 4.93. The molecule has 0 aliphatic heterocycles. The molecule has 0 amide bonds. The van der Waals surface area contributed by atoms with Crippen LogP contribution in [0.2, 0.25) is 0 Å². The molecule has 1 saturated carbocycles. The molecule has 0 bridgehead atoms. The Hall–Kier alpha value is -5.24. The molecule has 0 saturated heterocycles. The van der Waals surface area contributed by atoms with Crippen LogP contribution in [-0.4, -0.2) is 64.4 Å². The number of phenols is 1. The van der Waals surface area contributed by atoms with Crippen molar-refractivity contribution in [1.82, 2.24) is 33.7 Å². The van der Waals surface area contributed by atoms with Gasteiger partial charge in [-0.1, -0.05) is 18.2 Å². The van der Waals surface area contributed by atoms with Gasteiger partial charge in [0.15, 0.2) is 5.65 Å². The van der Waals surface area contributed by atoms with Crippen LogP contribution in [0, 0.1) is 11.6 Å². The van der Waals surface area contributed by atoms with Gasteiger partial charge in [-0.3, -0.25) is 14.3 Å². The quantitative estimate of drug-likeness (QED) is 0.184. The van der Waals surface area contributed by atoms with E-state index in [4.69, 9.17) is 0 Å². The zero-order valence-corrected chi connectivity index (χ0v) is 28.3. The standard InChI is InChI=1S/C38H39F2N7O4/c1-23(22-48)44(2)19-25-15-32(49)11-12-33(25)24-4-3-5-31(14-24)46-36-34(16-27(40)17-42-36)37(50)47(38(46)51)30-9-7-28(8-10-30)41-18-29-21-45-20-26(39)6-13-35(45)43-29/h3-6,11-17,20-21,23,28,30,41,48-49H,7-10,18-19,22H2,1-2H3/t23-,28?,30?/m1/s1. The number of rotatable bonds is 10. The maximum Gasteiger partial charge on any atom is 0.337 e. The molecular weight excluding hydrogens is 656 g/mol. The van der Waals surface area contributed by atoms with Gasteiger partial charge in [0.2, 0.25) is 0 Å². The molecule has 2 aromatic carbocycles. The average Bonchev–Trinajstić information content (AvgIpc) is 3.53. The smallest absolute Gasteiger partial charge is 0.337 e. The lowest BCUT2D eigenvalue weighted by molar-refractivity contribution is 0.154. The van der Waals surface area contributed by atoms with Gasteiger partial charge in [0.1, 0.15) is 23.0 Å². The predicted molar refractivity (Wildman–Crippen MR) is 190 cm³/mol. The van der Waals surface area contributed by atoms with Crippen molar-refractivity contribution in [3.8, 4) is 22.6 Å². The molecule has 264 valence electrons. The number of nitrogens with zero attached hydrogens (tertiary/aromatic N) is 6. The van der Waals surface area contributed by atoms with Gasteiger partial charge in [-0.15, -0.1) is 0 Å². The lowest BCUT2D eigenvalue weighted by Crippen LogP contribution is -2.44. The maximum atomic E-state index is 14.6. The van der Waals surface area contributed by atoms with Gasteiger partial charge in [0.05, 0.1) is 29.6 Å². The molecule has 1 aliphatic carbocycles. The van der Waals surface area contributed by atoms with Crippen molar-refractivity contribution in [2.24, 2.45) is 0 Å². The van der Waals surface area contributed by atoms with E-state index in [2.05, 4.69) is 15.3 Å². The molecule has 6 aromatic rings. The Morgan fingerprint density at radius 2 is 1.80 bits per heavy atom. The van der Waals surface area contributed by atoms with Crippen molar-refractivity contribution < 1.29 is 19.0 Å². The van der Waals surface area contributed by atoms with Gasteiger partial charge in [0.25, 0.3) is 5.56 Å². The Bertz CT molecular complexity index is 2350. The number of aliphatic hydroxyl groups excluding tert-OH is 1. The minimum absolute atomic E-state index is 0.00785. The molecule has 7 rings (SSSR count). The molecule has 1 atom stereocenters. The van der Waals surface area contributed by atoms with E-state index in [0.29, 0.717) is 50.1 Å². The van der Waals surface area contributed by atoms with Crippen LogP contribution in [-0.2, 0) is 13.1 Å². The van der Waals surface area contributed by atoms with Gasteiger partial charge in [-0.25, -0.2) is 28.1 Å². The highest BCUT2D eigenvalue weighted by Gasteiger charge is 2.27. The minimum Gasteiger partial charge on any atom is -0.508 e. The van der Waals surface area contributed by atoms with E-state index in [9.17, 15) is 28.6 Å². The lowest BCUT2D eigenvalue weighted by atomic mass is 9.91. The van der Waals surface area contributed by atoms with Crippen LogP contribution in [0.1, 0.15) is 49.9 Å². The normalized spacial score (nSPS) is 17.1.